The number of rotatable bonds is 4. The third-order valence-electron chi connectivity index (χ3n) is 2.59. The molecule has 1 N–H and O–H groups in total. The molecule has 1 amide bonds. The zero-order valence-electron chi connectivity index (χ0n) is 10.5. The molecule has 5 heteroatoms. The highest BCUT2D eigenvalue weighted by molar-refractivity contribution is 6.33. The number of halogens is 1. The standard InChI is InChI=1S/C15H12ClNO3/c16-14-8-13(7-6-12(14)9-18)17-15(19)20-10-11-4-2-1-3-5-11/h1-9H,10H2,(H,17,19). The van der Waals surface area contributed by atoms with Gasteiger partial charge in [-0.05, 0) is 23.8 Å². The molecule has 0 aliphatic rings. The van der Waals surface area contributed by atoms with E-state index in [4.69, 9.17) is 16.3 Å². The summed E-state index contributed by atoms with van der Waals surface area (Å²) in [5.74, 6) is 0. The molecule has 0 spiro atoms. The summed E-state index contributed by atoms with van der Waals surface area (Å²) in [6, 6.07) is 14.0. The summed E-state index contributed by atoms with van der Waals surface area (Å²) in [5, 5.41) is 2.82. The molecule has 0 aliphatic carbocycles. The van der Waals surface area contributed by atoms with Gasteiger partial charge < -0.3 is 4.74 Å². The number of amides is 1. The highest BCUT2D eigenvalue weighted by atomic mass is 35.5. The number of ether oxygens (including phenoxy) is 1. The first-order chi connectivity index (χ1) is 9.69. The van der Waals surface area contributed by atoms with Crippen LogP contribution in [0.25, 0.3) is 0 Å². The lowest BCUT2D eigenvalue weighted by molar-refractivity contribution is 0.112. The van der Waals surface area contributed by atoms with E-state index in [0.29, 0.717) is 17.5 Å². The minimum Gasteiger partial charge on any atom is -0.444 e. The summed E-state index contributed by atoms with van der Waals surface area (Å²) in [4.78, 5) is 22.2. The minimum atomic E-state index is -0.580. The Morgan fingerprint density at radius 3 is 2.60 bits per heavy atom. The Labute approximate surface area is 121 Å². The van der Waals surface area contributed by atoms with E-state index >= 15 is 0 Å². The lowest BCUT2D eigenvalue weighted by atomic mass is 10.2. The second kappa shape index (κ2) is 6.73. The summed E-state index contributed by atoms with van der Waals surface area (Å²) in [6.45, 7) is 0.187. The maximum atomic E-state index is 11.6. The maximum Gasteiger partial charge on any atom is 0.411 e. The molecule has 0 heterocycles. The molecule has 102 valence electrons. The van der Waals surface area contributed by atoms with Crippen molar-refractivity contribution in [3.8, 4) is 0 Å². The quantitative estimate of drug-likeness (QED) is 0.869. The molecule has 0 bridgehead atoms. The van der Waals surface area contributed by atoms with Crippen LogP contribution in [0.15, 0.2) is 48.5 Å². The lowest BCUT2D eigenvalue weighted by Gasteiger charge is -2.08. The Bertz CT molecular complexity index is 614. The molecule has 2 aromatic rings. The third kappa shape index (κ3) is 3.83. The molecule has 0 unspecified atom stereocenters. The van der Waals surface area contributed by atoms with Crippen LogP contribution < -0.4 is 5.32 Å². The predicted octanol–water partition coefficient (Wildman–Crippen LogP) is 3.90. The molecule has 0 radical (unpaired) electrons. The van der Waals surface area contributed by atoms with Crippen molar-refractivity contribution in [1.82, 2.24) is 0 Å². The van der Waals surface area contributed by atoms with Gasteiger partial charge in [-0.2, -0.15) is 0 Å². The van der Waals surface area contributed by atoms with Crippen molar-refractivity contribution >= 4 is 29.7 Å². The zero-order chi connectivity index (χ0) is 14.4. The average molecular weight is 290 g/mol. The molecule has 2 aromatic carbocycles. The van der Waals surface area contributed by atoms with Gasteiger partial charge in [0.25, 0.3) is 0 Å². The largest absolute Gasteiger partial charge is 0.444 e. The number of hydrogen-bond acceptors (Lipinski definition) is 3. The zero-order valence-corrected chi connectivity index (χ0v) is 11.3. The summed E-state index contributed by atoms with van der Waals surface area (Å²) < 4.78 is 5.07. The second-order valence-corrected chi connectivity index (χ2v) is 4.45. The Morgan fingerprint density at radius 1 is 1.20 bits per heavy atom. The van der Waals surface area contributed by atoms with E-state index in [1.807, 2.05) is 30.3 Å². The summed E-state index contributed by atoms with van der Waals surface area (Å²) in [6.07, 6.45) is 0.0728. The van der Waals surface area contributed by atoms with Gasteiger partial charge in [0.05, 0.1) is 5.02 Å². The Balaban J connectivity index is 1.91. The van der Waals surface area contributed by atoms with Gasteiger partial charge in [-0.1, -0.05) is 41.9 Å². The number of anilines is 1. The molecule has 0 aliphatic heterocycles. The molecule has 0 aromatic heterocycles. The molecule has 0 saturated carbocycles. The van der Waals surface area contributed by atoms with Crippen LogP contribution in [-0.2, 0) is 11.3 Å². The first kappa shape index (κ1) is 14.1. The summed E-state index contributed by atoms with van der Waals surface area (Å²) in [7, 11) is 0. The van der Waals surface area contributed by atoms with E-state index < -0.39 is 6.09 Å². The van der Waals surface area contributed by atoms with Crippen LogP contribution in [0.5, 0.6) is 0 Å². The van der Waals surface area contributed by atoms with Crippen molar-refractivity contribution in [2.45, 2.75) is 6.61 Å². The van der Waals surface area contributed by atoms with E-state index in [9.17, 15) is 9.59 Å². The van der Waals surface area contributed by atoms with Crippen molar-refractivity contribution in [2.24, 2.45) is 0 Å². The first-order valence-corrected chi connectivity index (χ1v) is 6.29. The third-order valence-corrected chi connectivity index (χ3v) is 2.91. The number of carbonyl (C=O) groups excluding carboxylic acids is 2. The monoisotopic (exact) mass is 289 g/mol. The molecular formula is C15H12ClNO3. The molecule has 0 atom stereocenters. The van der Waals surface area contributed by atoms with Crippen LogP contribution in [0.2, 0.25) is 5.02 Å². The van der Waals surface area contributed by atoms with Crippen LogP contribution >= 0.6 is 11.6 Å². The van der Waals surface area contributed by atoms with Gasteiger partial charge in [0.15, 0.2) is 6.29 Å². The Hall–Kier alpha value is -2.33. The Kier molecular flexibility index (Phi) is 4.74. The van der Waals surface area contributed by atoms with Crippen molar-refractivity contribution in [1.29, 1.82) is 0 Å². The van der Waals surface area contributed by atoms with Crippen molar-refractivity contribution in [2.75, 3.05) is 5.32 Å². The van der Waals surface area contributed by atoms with E-state index in [2.05, 4.69) is 5.32 Å². The lowest BCUT2D eigenvalue weighted by Crippen LogP contribution is -2.13. The fourth-order valence-electron chi connectivity index (χ4n) is 1.58. The van der Waals surface area contributed by atoms with Crippen LogP contribution in [0, 0.1) is 0 Å². The van der Waals surface area contributed by atoms with Gasteiger partial charge in [-0.3, -0.25) is 10.1 Å². The molecule has 4 nitrogen and oxygen atoms in total. The van der Waals surface area contributed by atoms with Crippen molar-refractivity contribution in [3.05, 3.63) is 64.7 Å². The van der Waals surface area contributed by atoms with Crippen LogP contribution in [0.3, 0.4) is 0 Å². The van der Waals surface area contributed by atoms with Crippen LogP contribution in [-0.4, -0.2) is 12.4 Å². The smallest absolute Gasteiger partial charge is 0.411 e. The number of benzene rings is 2. The number of carbonyl (C=O) groups is 2. The van der Waals surface area contributed by atoms with Gasteiger partial charge in [0, 0.05) is 11.3 Å². The second-order valence-electron chi connectivity index (χ2n) is 4.04. The predicted molar refractivity (Wildman–Crippen MR) is 77.1 cm³/mol. The summed E-state index contributed by atoms with van der Waals surface area (Å²) in [5.41, 5.74) is 1.74. The summed E-state index contributed by atoms with van der Waals surface area (Å²) >= 11 is 5.86. The SMILES string of the molecule is O=Cc1ccc(NC(=O)OCc2ccccc2)cc1Cl. The molecule has 0 fully saturated rings. The van der Waals surface area contributed by atoms with Crippen LogP contribution in [0.4, 0.5) is 10.5 Å². The first-order valence-electron chi connectivity index (χ1n) is 5.91. The normalized spacial score (nSPS) is 9.85. The van der Waals surface area contributed by atoms with Gasteiger partial charge >= 0.3 is 6.09 Å². The molecule has 0 saturated heterocycles. The fraction of sp³-hybridized carbons (Fsp3) is 0.0667. The highest BCUT2D eigenvalue weighted by Gasteiger charge is 2.06. The molecular weight excluding hydrogens is 278 g/mol. The van der Waals surface area contributed by atoms with Gasteiger partial charge in [0.1, 0.15) is 6.61 Å². The van der Waals surface area contributed by atoms with Crippen molar-refractivity contribution in [3.63, 3.8) is 0 Å². The maximum absolute atomic E-state index is 11.6. The van der Waals surface area contributed by atoms with E-state index in [0.717, 1.165) is 5.56 Å². The van der Waals surface area contributed by atoms with Crippen molar-refractivity contribution < 1.29 is 14.3 Å². The van der Waals surface area contributed by atoms with Gasteiger partial charge in [-0.15, -0.1) is 0 Å². The highest BCUT2D eigenvalue weighted by Crippen LogP contribution is 2.19. The van der Waals surface area contributed by atoms with E-state index in [-0.39, 0.29) is 11.6 Å². The topological polar surface area (TPSA) is 55.4 Å². The number of nitrogens with one attached hydrogen (secondary N) is 1. The van der Waals surface area contributed by atoms with Gasteiger partial charge in [-0.25, -0.2) is 4.79 Å². The minimum absolute atomic E-state index is 0.187. The van der Waals surface area contributed by atoms with E-state index in [1.165, 1.54) is 12.1 Å². The fourth-order valence-corrected chi connectivity index (χ4v) is 1.80. The number of aldehydes is 1. The van der Waals surface area contributed by atoms with E-state index in [1.54, 1.807) is 6.07 Å². The average Bonchev–Trinajstić information content (AvgIpc) is 2.46. The Morgan fingerprint density at radius 2 is 1.95 bits per heavy atom. The van der Waals surface area contributed by atoms with Gasteiger partial charge in [0.2, 0.25) is 0 Å². The molecule has 2 rings (SSSR count). The van der Waals surface area contributed by atoms with Crippen LogP contribution in [0.1, 0.15) is 15.9 Å². The molecule has 20 heavy (non-hydrogen) atoms. The number of hydrogen-bond donors (Lipinski definition) is 1.